The third-order valence-electron chi connectivity index (χ3n) is 3.67. The zero-order chi connectivity index (χ0) is 17.2. The fourth-order valence-electron chi connectivity index (χ4n) is 2.40. The van der Waals surface area contributed by atoms with Crippen molar-refractivity contribution >= 4 is 29.7 Å². The predicted molar refractivity (Wildman–Crippen MR) is 86.7 cm³/mol. The number of thiazole rings is 1. The number of amides is 1. The highest BCUT2D eigenvalue weighted by Gasteiger charge is 2.33. The molecule has 12 heteroatoms. The summed E-state index contributed by atoms with van der Waals surface area (Å²) in [5.74, 6) is -0.487. The maximum atomic E-state index is 12.5. The monoisotopic (exact) mass is 396 g/mol. The first-order valence-electron chi connectivity index (χ1n) is 7.36. The van der Waals surface area contributed by atoms with Gasteiger partial charge in [-0.15, -0.1) is 28.8 Å². The van der Waals surface area contributed by atoms with Crippen LogP contribution in [0.1, 0.15) is 40.1 Å². The van der Waals surface area contributed by atoms with Crippen LogP contribution in [0.3, 0.4) is 0 Å². The molecule has 0 aliphatic carbocycles. The van der Waals surface area contributed by atoms with Crippen LogP contribution in [0.2, 0.25) is 0 Å². The van der Waals surface area contributed by atoms with E-state index in [4.69, 9.17) is 0 Å². The van der Waals surface area contributed by atoms with Crippen molar-refractivity contribution in [2.75, 3.05) is 13.1 Å². The first-order valence-corrected chi connectivity index (χ1v) is 8.24. The lowest BCUT2D eigenvalue weighted by Gasteiger charge is -2.22. The minimum atomic E-state index is -4.48. The van der Waals surface area contributed by atoms with Crippen molar-refractivity contribution in [3.05, 3.63) is 28.0 Å². The van der Waals surface area contributed by atoms with Gasteiger partial charge in [-0.05, 0) is 25.9 Å². The second-order valence-electron chi connectivity index (χ2n) is 5.37. The van der Waals surface area contributed by atoms with E-state index in [1.165, 1.54) is 0 Å². The molecular formula is C13H16ClF3N6OS. The molecule has 1 aliphatic heterocycles. The van der Waals surface area contributed by atoms with E-state index in [-0.39, 0.29) is 35.7 Å². The molecule has 7 nitrogen and oxygen atoms in total. The lowest BCUT2D eigenvalue weighted by Crippen LogP contribution is -2.29. The minimum Gasteiger partial charge on any atom is -0.344 e. The van der Waals surface area contributed by atoms with E-state index in [2.05, 4.69) is 25.9 Å². The number of nitrogens with zero attached hydrogens (tertiary/aromatic N) is 4. The summed E-state index contributed by atoms with van der Waals surface area (Å²) in [6, 6.07) is 0.202. The molecule has 1 fully saturated rings. The van der Waals surface area contributed by atoms with Gasteiger partial charge in [-0.25, -0.2) is 9.67 Å². The molecule has 1 amide bonds. The number of halogens is 4. The van der Waals surface area contributed by atoms with Crippen molar-refractivity contribution in [2.45, 2.75) is 31.6 Å². The van der Waals surface area contributed by atoms with Gasteiger partial charge in [0.25, 0.3) is 5.91 Å². The van der Waals surface area contributed by atoms with Crippen molar-refractivity contribution in [3.8, 4) is 0 Å². The third-order valence-corrected chi connectivity index (χ3v) is 4.52. The number of hydrogen-bond donors (Lipinski definition) is 2. The predicted octanol–water partition coefficient (Wildman–Crippen LogP) is 2.03. The molecule has 2 aromatic rings. The standard InChI is InChI=1S/C13H15F3N6OS.ClH/c14-13(15,16)10-7-24-11(19-10)5-18-12(23)9-6-22(21-20-9)8-1-3-17-4-2-8;/h6-8,17H,1-5H2,(H,18,23);1H. The summed E-state index contributed by atoms with van der Waals surface area (Å²) in [5, 5.41) is 14.7. The van der Waals surface area contributed by atoms with Gasteiger partial charge >= 0.3 is 6.18 Å². The number of carbonyl (C=O) groups excluding carboxylic acids is 1. The number of hydrogen-bond acceptors (Lipinski definition) is 6. The van der Waals surface area contributed by atoms with Gasteiger partial charge < -0.3 is 10.6 Å². The number of carbonyl (C=O) groups is 1. The molecule has 2 aromatic heterocycles. The van der Waals surface area contributed by atoms with Crippen molar-refractivity contribution in [2.24, 2.45) is 0 Å². The molecule has 0 unspecified atom stereocenters. The van der Waals surface area contributed by atoms with Crippen LogP contribution < -0.4 is 10.6 Å². The minimum absolute atomic E-state index is 0. The van der Waals surface area contributed by atoms with Gasteiger partial charge in [0, 0.05) is 5.38 Å². The fourth-order valence-corrected chi connectivity index (χ4v) is 3.14. The van der Waals surface area contributed by atoms with Crippen molar-refractivity contribution in [1.82, 2.24) is 30.6 Å². The van der Waals surface area contributed by atoms with Crippen LogP contribution in [-0.4, -0.2) is 39.0 Å². The molecule has 1 aliphatic rings. The maximum absolute atomic E-state index is 12.5. The van der Waals surface area contributed by atoms with E-state index in [0.717, 1.165) is 42.6 Å². The number of aromatic nitrogens is 4. The average Bonchev–Trinajstić information content (AvgIpc) is 3.22. The molecule has 1 saturated heterocycles. The number of rotatable bonds is 4. The van der Waals surface area contributed by atoms with Crippen LogP contribution in [0.15, 0.2) is 11.6 Å². The quantitative estimate of drug-likeness (QED) is 0.826. The Kier molecular flexibility index (Phi) is 6.36. The summed E-state index contributed by atoms with van der Waals surface area (Å²) in [6.07, 6.45) is -1.10. The van der Waals surface area contributed by atoms with Crippen molar-refractivity contribution < 1.29 is 18.0 Å². The highest BCUT2D eigenvalue weighted by Crippen LogP contribution is 2.29. The highest BCUT2D eigenvalue weighted by molar-refractivity contribution is 7.09. The average molecular weight is 397 g/mol. The Bertz CT molecular complexity index is 713. The second-order valence-corrected chi connectivity index (χ2v) is 6.31. The van der Waals surface area contributed by atoms with Crippen LogP contribution in [0.4, 0.5) is 13.2 Å². The number of piperidine rings is 1. The van der Waals surface area contributed by atoms with Crippen LogP contribution in [-0.2, 0) is 12.7 Å². The molecule has 138 valence electrons. The maximum Gasteiger partial charge on any atom is 0.434 e. The van der Waals surface area contributed by atoms with Gasteiger partial charge in [0.1, 0.15) is 5.01 Å². The van der Waals surface area contributed by atoms with Crippen LogP contribution >= 0.6 is 23.7 Å². The topological polar surface area (TPSA) is 84.7 Å². The summed E-state index contributed by atoms with van der Waals surface area (Å²) in [5.41, 5.74) is -0.810. The molecular weight excluding hydrogens is 381 g/mol. The molecule has 0 saturated carbocycles. The second kappa shape index (κ2) is 8.11. The molecule has 0 bridgehead atoms. The van der Waals surface area contributed by atoms with Gasteiger partial charge in [0.2, 0.25) is 0 Å². The largest absolute Gasteiger partial charge is 0.434 e. The Hall–Kier alpha value is -1.72. The van der Waals surface area contributed by atoms with E-state index in [1.807, 2.05) is 0 Å². The van der Waals surface area contributed by atoms with E-state index in [1.54, 1.807) is 10.9 Å². The molecule has 0 radical (unpaired) electrons. The van der Waals surface area contributed by atoms with Gasteiger partial charge in [-0.2, -0.15) is 13.2 Å². The Balaban J connectivity index is 0.00000225. The molecule has 25 heavy (non-hydrogen) atoms. The Labute approximate surface area is 151 Å². The van der Waals surface area contributed by atoms with Crippen LogP contribution in [0, 0.1) is 0 Å². The first-order chi connectivity index (χ1) is 11.4. The van der Waals surface area contributed by atoms with E-state index >= 15 is 0 Å². The van der Waals surface area contributed by atoms with Crippen LogP contribution in [0.5, 0.6) is 0 Å². The summed E-state index contributed by atoms with van der Waals surface area (Å²) in [4.78, 5) is 15.5. The Morgan fingerprint density at radius 3 is 2.76 bits per heavy atom. The fraction of sp³-hybridized carbons (Fsp3) is 0.538. The molecule has 0 aromatic carbocycles. The number of nitrogens with one attached hydrogen (secondary N) is 2. The van der Waals surface area contributed by atoms with Crippen molar-refractivity contribution in [3.63, 3.8) is 0 Å². The zero-order valence-electron chi connectivity index (χ0n) is 12.9. The van der Waals surface area contributed by atoms with Crippen molar-refractivity contribution in [1.29, 1.82) is 0 Å². The van der Waals surface area contributed by atoms with Crippen LogP contribution in [0.25, 0.3) is 0 Å². The number of alkyl halides is 3. The van der Waals surface area contributed by atoms with E-state index in [0.29, 0.717) is 0 Å². The highest BCUT2D eigenvalue weighted by atomic mass is 35.5. The van der Waals surface area contributed by atoms with Gasteiger partial charge in [0.15, 0.2) is 11.4 Å². The van der Waals surface area contributed by atoms with Gasteiger partial charge in [-0.1, -0.05) is 5.21 Å². The molecule has 2 N–H and O–H groups in total. The smallest absolute Gasteiger partial charge is 0.344 e. The lowest BCUT2D eigenvalue weighted by molar-refractivity contribution is -0.140. The lowest BCUT2D eigenvalue weighted by atomic mass is 10.1. The molecule has 3 heterocycles. The van der Waals surface area contributed by atoms with Gasteiger partial charge in [-0.3, -0.25) is 4.79 Å². The summed E-state index contributed by atoms with van der Waals surface area (Å²) in [7, 11) is 0. The Morgan fingerprint density at radius 1 is 1.40 bits per heavy atom. The molecule has 3 rings (SSSR count). The summed E-state index contributed by atoms with van der Waals surface area (Å²) in [6.45, 7) is 1.69. The summed E-state index contributed by atoms with van der Waals surface area (Å²) >= 11 is 0.848. The van der Waals surface area contributed by atoms with E-state index < -0.39 is 17.8 Å². The third kappa shape index (κ3) is 4.89. The molecule has 0 atom stereocenters. The SMILES string of the molecule is Cl.O=C(NCc1nc(C(F)(F)F)cs1)c1cn(C2CCNCC2)nn1. The Morgan fingerprint density at radius 2 is 2.12 bits per heavy atom. The molecule has 0 spiro atoms. The van der Waals surface area contributed by atoms with E-state index in [9.17, 15) is 18.0 Å². The normalized spacial score (nSPS) is 15.6. The zero-order valence-corrected chi connectivity index (χ0v) is 14.5. The first kappa shape index (κ1) is 19.6. The summed E-state index contributed by atoms with van der Waals surface area (Å²) < 4.78 is 39.1. The van der Waals surface area contributed by atoms with Gasteiger partial charge in [0.05, 0.1) is 18.8 Å².